The fourth-order valence-corrected chi connectivity index (χ4v) is 3.28. The zero-order valence-corrected chi connectivity index (χ0v) is 15.1. The van der Waals surface area contributed by atoms with E-state index in [4.69, 9.17) is 0 Å². The van der Waals surface area contributed by atoms with Crippen LogP contribution in [0, 0.1) is 12.8 Å². The van der Waals surface area contributed by atoms with E-state index in [1.165, 1.54) is 25.5 Å². The van der Waals surface area contributed by atoms with Gasteiger partial charge in [-0.05, 0) is 43.7 Å². The minimum atomic E-state index is -1.26. The van der Waals surface area contributed by atoms with E-state index in [1.54, 1.807) is 12.3 Å². The first kappa shape index (κ1) is 19.4. The van der Waals surface area contributed by atoms with E-state index >= 15 is 0 Å². The van der Waals surface area contributed by atoms with E-state index in [-0.39, 0.29) is 5.91 Å². The van der Waals surface area contributed by atoms with Gasteiger partial charge >= 0.3 is 0 Å². The van der Waals surface area contributed by atoms with E-state index < -0.39 is 18.1 Å². The van der Waals surface area contributed by atoms with Gasteiger partial charge in [0.15, 0.2) is 6.10 Å². The average Bonchev–Trinajstić information content (AvgIpc) is 2.64. The second-order valence-corrected chi connectivity index (χ2v) is 6.87. The van der Waals surface area contributed by atoms with Crippen LogP contribution in [0.2, 0.25) is 0 Å². The molecule has 0 spiro atoms. The number of carbonyl (C=O) groups is 2. The van der Waals surface area contributed by atoms with Crippen LogP contribution in [0.5, 0.6) is 0 Å². The van der Waals surface area contributed by atoms with Gasteiger partial charge in [0, 0.05) is 18.9 Å². The Hall–Kier alpha value is -1.95. The molecule has 1 aliphatic rings. The van der Waals surface area contributed by atoms with Crippen LogP contribution < -0.4 is 10.6 Å². The summed E-state index contributed by atoms with van der Waals surface area (Å²) in [6, 6.07) is 1.13. The van der Waals surface area contributed by atoms with Gasteiger partial charge in [-0.1, -0.05) is 26.2 Å². The molecule has 1 aliphatic carbocycles. The van der Waals surface area contributed by atoms with Gasteiger partial charge in [0.2, 0.25) is 0 Å². The van der Waals surface area contributed by atoms with Crippen molar-refractivity contribution >= 4 is 11.8 Å². The zero-order valence-electron chi connectivity index (χ0n) is 15.1. The summed E-state index contributed by atoms with van der Waals surface area (Å²) in [5, 5.41) is 15.9. The molecule has 2 atom stereocenters. The largest absolute Gasteiger partial charge is 0.381 e. The predicted molar refractivity (Wildman–Crippen MR) is 96.1 cm³/mol. The number of amides is 2. The molecule has 25 heavy (non-hydrogen) atoms. The number of pyridine rings is 1. The molecule has 6 nitrogen and oxygen atoms in total. The monoisotopic (exact) mass is 347 g/mol. The highest BCUT2D eigenvalue weighted by molar-refractivity contribution is 5.96. The standard InChI is InChI=1S/C19H29N3O3/c1-3-16(22-18(24)15-12-20-10-9-13(15)2)17(23)19(25)21-11-14-7-5-4-6-8-14/h9-10,12,14,16-17,23H,3-8,11H2,1-2H3,(H,21,25)(H,22,24). The van der Waals surface area contributed by atoms with Gasteiger partial charge in [0.25, 0.3) is 11.8 Å². The van der Waals surface area contributed by atoms with E-state index in [9.17, 15) is 14.7 Å². The van der Waals surface area contributed by atoms with Crippen LogP contribution >= 0.6 is 0 Å². The number of aryl methyl sites for hydroxylation is 1. The van der Waals surface area contributed by atoms with E-state index in [0.29, 0.717) is 24.4 Å². The Morgan fingerprint density at radius 1 is 1.32 bits per heavy atom. The molecule has 1 fully saturated rings. The van der Waals surface area contributed by atoms with Crippen molar-refractivity contribution in [1.82, 2.24) is 15.6 Å². The van der Waals surface area contributed by atoms with Gasteiger partial charge in [0.05, 0.1) is 11.6 Å². The highest BCUT2D eigenvalue weighted by Gasteiger charge is 2.27. The zero-order chi connectivity index (χ0) is 18.2. The quantitative estimate of drug-likeness (QED) is 0.703. The van der Waals surface area contributed by atoms with Crippen molar-refractivity contribution < 1.29 is 14.7 Å². The molecule has 1 heterocycles. The first-order valence-electron chi connectivity index (χ1n) is 9.20. The summed E-state index contributed by atoms with van der Waals surface area (Å²) in [5.74, 6) is -0.241. The Labute approximate surface area is 149 Å². The summed E-state index contributed by atoms with van der Waals surface area (Å²) in [5.41, 5.74) is 1.26. The van der Waals surface area contributed by atoms with Crippen LogP contribution in [0.15, 0.2) is 18.5 Å². The number of aromatic nitrogens is 1. The SMILES string of the molecule is CCC(NC(=O)c1cnccc1C)C(O)C(=O)NCC1CCCCC1. The highest BCUT2D eigenvalue weighted by Crippen LogP contribution is 2.22. The number of carbonyl (C=O) groups excluding carboxylic acids is 2. The lowest BCUT2D eigenvalue weighted by Crippen LogP contribution is -2.51. The van der Waals surface area contributed by atoms with Gasteiger partial charge in [-0.25, -0.2) is 0 Å². The summed E-state index contributed by atoms with van der Waals surface area (Å²) in [4.78, 5) is 28.6. The molecule has 6 heteroatoms. The van der Waals surface area contributed by atoms with E-state index in [2.05, 4.69) is 15.6 Å². The Kier molecular flexibility index (Phi) is 7.37. The summed E-state index contributed by atoms with van der Waals surface area (Å²) < 4.78 is 0. The van der Waals surface area contributed by atoms with Crippen LogP contribution in [0.4, 0.5) is 0 Å². The van der Waals surface area contributed by atoms with Crippen molar-refractivity contribution in [2.45, 2.75) is 64.5 Å². The van der Waals surface area contributed by atoms with E-state index in [1.807, 2.05) is 13.8 Å². The third kappa shape index (κ3) is 5.53. The molecule has 138 valence electrons. The summed E-state index contributed by atoms with van der Waals surface area (Å²) in [6.45, 7) is 4.26. The maximum absolute atomic E-state index is 12.4. The Bertz CT molecular complexity index is 585. The molecule has 1 aromatic rings. The third-order valence-electron chi connectivity index (χ3n) is 4.98. The number of nitrogens with one attached hydrogen (secondary N) is 2. The van der Waals surface area contributed by atoms with Crippen LogP contribution in [0.3, 0.4) is 0 Å². The topological polar surface area (TPSA) is 91.3 Å². The molecule has 2 rings (SSSR count). The Morgan fingerprint density at radius 2 is 2.04 bits per heavy atom. The lowest BCUT2D eigenvalue weighted by molar-refractivity contribution is -0.130. The van der Waals surface area contributed by atoms with Gasteiger partial charge in [-0.2, -0.15) is 0 Å². The normalized spacial score (nSPS) is 17.6. The molecule has 0 aliphatic heterocycles. The minimum absolute atomic E-state index is 0.323. The van der Waals surface area contributed by atoms with Gasteiger partial charge < -0.3 is 15.7 Å². The number of rotatable bonds is 7. The molecule has 2 amide bonds. The number of nitrogens with zero attached hydrogens (tertiary/aromatic N) is 1. The average molecular weight is 347 g/mol. The highest BCUT2D eigenvalue weighted by atomic mass is 16.3. The van der Waals surface area contributed by atoms with Crippen molar-refractivity contribution in [3.05, 3.63) is 29.6 Å². The number of hydrogen-bond acceptors (Lipinski definition) is 4. The first-order chi connectivity index (χ1) is 12.0. The van der Waals surface area contributed by atoms with Crippen LogP contribution in [0.1, 0.15) is 61.4 Å². The van der Waals surface area contributed by atoms with Crippen LogP contribution in [-0.4, -0.2) is 40.6 Å². The van der Waals surface area contributed by atoms with Gasteiger partial charge in [-0.15, -0.1) is 0 Å². The summed E-state index contributed by atoms with van der Waals surface area (Å²) >= 11 is 0. The molecule has 1 saturated carbocycles. The molecular formula is C19H29N3O3. The lowest BCUT2D eigenvalue weighted by atomic mass is 9.89. The fourth-order valence-electron chi connectivity index (χ4n) is 3.28. The van der Waals surface area contributed by atoms with Crippen molar-refractivity contribution in [3.8, 4) is 0 Å². The molecule has 0 radical (unpaired) electrons. The predicted octanol–water partition coefficient (Wildman–Crippen LogP) is 1.96. The van der Waals surface area contributed by atoms with Gasteiger partial charge in [-0.3, -0.25) is 14.6 Å². The first-order valence-corrected chi connectivity index (χ1v) is 9.20. The van der Waals surface area contributed by atoms with Crippen molar-refractivity contribution in [2.24, 2.45) is 5.92 Å². The molecule has 0 saturated heterocycles. The number of aliphatic hydroxyl groups excluding tert-OH is 1. The molecule has 2 unspecified atom stereocenters. The van der Waals surface area contributed by atoms with Gasteiger partial charge in [0.1, 0.15) is 0 Å². The molecule has 0 bridgehead atoms. The maximum atomic E-state index is 12.4. The lowest BCUT2D eigenvalue weighted by Gasteiger charge is -2.25. The molecule has 3 N–H and O–H groups in total. The second kappa shape index (κ2) is 9.51. The molecule has 0 aromatic carbocycles. The smallest absolute Gasteiger partial charge is 0.253 e. The number of aliphatic hydroxyl groups is 1. The maximum Gasteiger partial charge on any atom is 0.253 e. The van der Waals surface area contributed by atoms with Crippen molar-refractivity contribution in [1.29, 1.82) is 0 Å². The Balaban J connectivity index is 1.88. The number of hydrogen-bond donors (Lipinski definition) is 3. The Morgan fingerprint density at radius 3 is 2.68 bits per heavy atom. The summed E-state index contributed by atoms with van der Waals surface area (Å²) in [7, 11) is 0. The molecular weight excluding hydrogens is 318 g/mol. The van der Waals surface area contributed by atoms with Crippen molar-refractivity contribution in [3.63, 3.8) is 0 Å². The summed E-state index contributed by atoms with van der Waals surface area (Å²) in [6.07, 6.45) is 8.27. The van der Waals surface area contributed by atoms with Crippen molar-refractivity contribution in [2.75, 3.05) is 6.54 Å². The molecule has 1 aromatic heterocycles. The van der Waals surface area contributed by atoms with Crippen LogP contribution in [0.25, 0.3) is 0 Å². The third-order valence-corrected chi connectivity index (χ3v) is 4.98. The fraction of sp³-hybridized carbons (Fsp3) is 0.632. The second-order valence-electron chi connectivity index (χ2n) is 6.87. The minimum Gasteiger partial charge on any atom is -0.381 e. The van der Waals surface area contributed by atoms with E-state index in [0.717, 1.165) is 18.4 Å². The van der Waals surface area contributed by atoms with Crippen LogP contribution in [-0.2, 0) is 4.79 Å².